The molecule has 0 saturated heterocycles. The molecule has 0 unspecified atom stereocenters. The zero-order chi connectivity index (χ0) is 15.1. The van der Waals surface area contributed by atoms with Gasteiger partial charge in [0.1, 0.15) is 5.75 Å². The molecular weight excluding hydrogens is 284 g/mol. The normalized spacial score (nSPS) is 11.9. The maximum Gasteiger partial charge on any atom is 0.305 e. The Balaban J connectivity index is 2.14. The Bertz CT molecular complexity index is 546. The zero-order valence-corrected chi connectivity index (χ0v) is 13.2. The highest BCUT2D eigenvalue weighted by atomic mass is 32.1. The molecule has 1 heterocycles. The molecule has 2 aromatic rings. The summed E-state index contributed by atoms with van der Waals surface area (Å²) in [4.78, 5) is 11.6. The van der Waals surface area contributed by atoms with Gasteiger partial charge in [0.15, 0.2) is 0 Å². The molecule has 2 rings (SSSR count). The summed E-state index contributed by atoms with van der Waals surface area (Å²) in [7, 11) is 1.66. The first-order chi connectivity index (χ1) is 10.2. The van der Waals surface area contributed by atoms with E-state index in [0.717, 1.165) is 12.2 Å². The number of carbonyl (C=O) groups is 1. The molecule has 112 valence electrons. The zero-order valence-electron chi connectivity index (χ0n) is 12.4. The third-order valence-electron chi connectivity index (χ3n) is 3.41. The van der Waals surface area contributed by atoms with Gasteiger partial charge in [-0.2, -0.15) is 11.3 Å². The number of hydrogen-bond donors (Lipinski definition) is 0. The molecule has 0 aliphatic carbocycles. The van der Waals surface area contributed by atoms with Crippen LogP contribution in [0.1, 0.15) is 36.8 Å². The highest BCUT2D eigenvalue weighted by Crippen LogP contribution is 2.31. The van der Waals surface area contributed by atoms with Crippen molar-refractivity contribution in [1.82, 2.24) is 0 Å². The van der Waals surface area contributed by atoms with Crippen LogP contribution in [0.2, 0.25) is 0 Å². The predicted molar refractivity (Wildman–Crippen MR) is 85.0 cm³/mol. The van der Waals surface area contributed by atoms with Gasteiger partial charge in [-0.05, 0) is 53.4 Å². The Kier molecular flexibility index (Phi) is 5.81. The van der Waals surface area contributed by atoms with Crippen molar-refractivity contribution in [1.29, 1.82) is 0 Å². The Morgan fingerprint density at radius 2 is 1.95 bits per heavy atom. The monoisotopic (exact) mass is 304 g/mol. The van der Waals surface area contributed by atoms with Gasteiger partial charge in [-0.15, -0.1) is 0 Å². The molecule has 0 amide bonds. The van der Waals surface area contributed by atoms with Crippen LogP contribution in [0.15, 0.2) is 41.1 Å². The first kappa shape index (κ1) is 15.6. The lowest BCUT2D eigenvalue weighted by Crippen LogP contribution is -2.08. The third kappa shape index (κ3) is 4.33. The number of thiophene rings is 1. The minimum absolute atomic E-state index is 0.133. The first-order valence-electron chi connectivity index (χ1n) is 7.06. The van der Waals surface area contributed by atoms with E-state index >= 15 is 0 Å². The second-order valence-electron chi connectivity index (χ2n) is 4.73. The SMILES string of the molecule is CCOC(=O)CC[C@@H](c1ccc(OC)cc1)c1ccsc1. The fourth-order valence-electron chi connectivity index (χ4n) is 2.33. The molecule has 1 atom stereocenters. The molecule has 0 bridgehead atoms. The molecule has 4 heteroatoms. The van der Waals surface area contributed by atoms with Crippen molar-refractivity contribution in [2.24, 2.45) is 0 Å². The van der Waals surface area contributed by atoms with E-state index in [4.69, 9.17) is 9.47 Å². The van der Waals surface area contributed by atoms with E-state index in [1.807, 2.05) is 19.1 Å². The van der Waals surface area contributed by atoms with Gasteiger partial charge >= 0.3 is 5.97 Å². The van der Waals surface area contributed by atoms with E-state index in [2.05, 4.69) is 29.0 Å². The second-order valence-corrected chi connectivity index (χ2v) is 5.51. The maximum atomic E-state index is 11.6. The maximum absolute atomic E-state index is 11.6. The lowest BCUT2D eigenvalue weighted by atomic mass is 9.89. The van der Waals surface area contributed by atoms with Gasteiger partial charge in [-0.25, -0.2) is 0 Å². The Morgan fingerprint density at radius 1 is 1.19 bits per heavy atom. The van der Waals surface area contributed by atoms with Crippen molar-refractivity contribution < 1.29 is 14.3 Å². The minimum atomic E-state index is -0.133. The van der Waals surface area contributed by atoms with E-state index < -0.39 is 0 Å². The van der Waals surface area contributed by atoms with E-state index in [9.17, 15) is 4.79 Å². The van der Waals surface area contributed by atoms with E-state index in [0.29, 0.717) is 13.0 Å². The van der Waals surface area contributed by atoms with Crippen LogP contribution >= 0.6 is 11.3 Å². The molecular formula is C17H20O3S. The van der Waals surface area contributed by atoms with Gasteiger partial charge in [0, 0.05) is 12.3 Å². The Hall–Kier alpha value is -1.81. The van der Waals surface area contributed by atoms with Crippen LogP contribution in [0.25, 0.3) is 0 Å². The number of methoxy groups -OCH3 is 1. The lowest BCUT2D eigenvalue weighted by Gasteiger charge is -2.16. The molecule has 0 fully saturated rings. The average Bonchev–Trinajstić information content (AvgIpc) is 3.02. The molecule has 3 nitrogen and oxygen atoms in total. The molecule has 1 aromatic heterocycles. The molecule has 0 spiro atoms. The smallest absolute Gasteiger partial charge is 0.305 e. The lowest BCUT2D eigenvalue weighted by molar-refractivity contribution is -0.143. The van der Waals surface area contributed by atoms with Crippen molar-refractivity contribution in [3.05, 3.63) is 52.2 Å². The average molecular weight is 304 g/mol. The summed E-state index contributed by atoms with van der Waals surface area (Å²) in [6.07, 6.45) is 1.18. The first-order valence-corrected chi connectivity index (χ1v) is 8.00. The highest BCUT2D eigenvalue weighted by Gasteiger charge is 2.17. The van der Waals surface area contributed by atoms with Crippen LogP contribution in [0, 0.1) is 0 Å². The highest BCUT2D eigenvalue weighted by molar-refractivity contribution is 7.08. The summed E-state index contributed by atoms with van der Waals surface area (Å²) in [5.41, 5.74) is 2.44. The summed E-state index contributed by atoms with van der Waals surface area (Å²) in [5.74, 6) is 0.922. The van der Waals surface area contributed by atoms with Crippen molar-refractivity contribution in [3.8, 4) is 5.75 Å². The number of carbonyl (C=O) groups excluding carboxylic acids is 1. The van der Waals surface area contributed by atoms with E-state index in [-0.39, 0.29) is 11.9 Å². The van der Waals surface area contributed by atoms with Gasteiger partial charge in [-0.3, -0.25) is 4.79 Å². The molecule has 0 saturated carbocycles. The van der Waals surface area contributed by atoms with Crippen molar-refractivity contribution in [2.45, 2.75) is 25.7 Å². The Labute approximate surface area is 129 Å². The Morgan fingerprint density at radius 3 is 2.52 bits per heavy atom. The largest absolute Gasteiger partial charge is 0.497 e. The summed E-state index contributed by atoms with van der Waals surface area (Å²) in [6.45, 7) is 2.27. The summed E-state index contributed by atoms with van der Waals surface area (Å²) in [6, 6.07) is 10.2. The van der Waals surface area contributed by atoms with Crippen LogP contribution in [-0.2, 0) is 9.53 Å². The van der Waals surface area contributed by atoms with Gasteiger partial charge in [-0.1, -0.05) is 12.1 Å². The van der Waals surface area contributed by atoms with E-state index in [1.165, 1.54) is 11.1 Å². The number of rotatable bonds is 7. The molecule has 1 aromatic carbocycles. The van der Waals surface area contributed by atoms with Gasteiger partial charge < -0.3 is 9.47 Å². The quantitative estimate of drug-likeness (QED) is 0.718. The minimum Gasteiger partial charge on any atom is -0.497 e. The van der Waals surface area contributed by atoms with Crippen molar-refractivity contribution in [3.63, 3.8) is 0 Å². The number of ether oxygens (including phenoxy) is 2. The molecule has 0 radical (unpaired) electrons. The fraction of sp³-hybridized carbons (Fsp3) is 0.353. The molecule has 0 aliphatic heterocycles. The van der Waals surface area contributed by atoms with Crippen LogP contribution in [0.3, 0.4) is 0 Å². The molecule has 0 aliphatic rings. The summed E-state index contributed by atoms with van der Waals surface area (Å²) in [5, 5.41) is 4.20. The van der Waals surface area contributed by atoms with Crippen LogP contribution in [0.5, 0.6) is 5.75 Å². The third-order valence-corrected chi connectivity index (χ3v) is 4.11. The van der Waals surface area contributed by atoms with Crippen molar-refractivity contribution in [2.75, 3.05) is 13.7 Å². The second kappa shape index (κ2) is 7.84. The van der Waals surface area contributed by atoms with Gasteiger partial charge in [0.05, 0.1) is 13.7 Å². The predicted octanol–water partition coefficient (Wildman–Crippen LogP) is 4.23. The molecule has 0 N–H and O–H groups in total. The fourth-order valence-corrected chi connectivity index (χ4v) is 3.04. The summed E-state index contributed by atoms with van der Waals surface area (Å²) >= 11 is 1.67. The molecule has 21 heavy (non-hydrogen) atoms. The number of benzene rings is 1. The number of esters is 1. The van der Waals surface area contributed by atoms with Crippen LogP contribution in [-0.4, -0.2) is 19.7 Å². The topological polar surface area (TPSA) is 35.5 Å². The van der Waals surface area contributed by atoms with E-state index in [1.54, 1.807) is 18.4 Å². The van der Waals surface area contributed by atoms with Crippen molar-refractivity contribution >= 4 is 17.3 Å². The van der Waals surface area contributed by atoms with Crippen LogP contribution < -0.4 is 4.74 Å². The van der Waals surface area contributed by atoms with Gasteiger partial charge in [0.2, 0.25) is 0 Å². The van der Waals surface area contributed by atoms with Crippen LogP contribution in [0.4, 0.5) is 0 Å². The summed E-state index contributed by atoms with van der Waals surface area (Å²) < 4.78 is 10.2. The van der Waals surface area contributed by atoms with Gasteiger partial charge in [0.25, 0.3) is 0 Å². The number of hydrogen-bond acceptors (Lipinski definition) is 4. The standard InChI is InChI=1S/C17H20O3S/c1-3-20-17(18)9-8-16(14-10-11-21-12-14)13-4-6-15(19-2)7-5-13/h4-7,10-12,16H,3,8-9H2,1-2H3/t16-/m0/s1.